The summed E-state index contributed by atoms with van der Waals surface area (Å²) in [6.07, 6.45) is 2.16. The highest BCUT2D eigenvalue weighted by atomic mass is 79.9. The van der Waals surface area contributed by atoms with Crippen LogP contribution in [0.25, 0.3) is 0 Å². The van der Waals surface area contributed by atoms with Gasteiger partial charge in [0.25, 0.3) is 5.91 Å². The number of rotatable bonds is 5. The fourth-order valence-corrected chi connectivity index (χ4v) is 3.23. The average molecular weight is 428 g/mol. The molecular weight excluding hydrogens is 414 g/mol. The summed E-state index contributed by atoms with van der Waals surface area (Å²) in [5.74, 6) is -0.0510. The molecule has 1 aromatic rings. The molecule has 0 fully saturated rings. The van der Waals surface area contributed by atoms with E-state index >= 15 is 0 Å². The van der Waals surface area contributed by atoms with Crippen LogP contribution in [0.4, 0.5) is 0 Å². The molecule has 0 radical (unpaired) electrons. The normalized spacial score (nSPS) is 12.2. The van der Waals surface area contributed by atoms with Gasteiger partial charge >= 0.3 is 0 Å². The minimum absolute atomic E-state index is 0.0510. The third-order valence-electron chi connectivity index (χ3n) is 2.26. The molecule has 1 unspecified atom stereocenters. The van der Waals surface area contributed by atoms with E-state index in [0.29, 0.717) is 16.9 Å². The van der Waals surface area contributed by atoms with Crippen molar-refractivity contribution in [2.24, 2.45) is 0 Å². The van der Waals surface area contributed by atoms with Gasteiger partial charge in [-0.2, -0.15) is 0 Å². The maximum absolute atomic E-state index is 11.9. The SMILES string of the molecule is CCCC(Br)CNC(=O)c1ccc(Br)cc1Br. The van der Waals surface area contributed by atoms with Crippen molar-refractivity contribution in [2.45, 2.75) is 24.6 Å². The Bertz CT molecular complexity index is 395. The van der Waals surface area contributed by atoms with E-state index in [1.165, 1.54) is 0 Å². The number of halogens is 3. The van der Waals surface area contributed by atoms with E-state index in [1.54, 1.807) is 6.07 Å². The molecule has 5 heteroatoms. The van der Waals surface area contributed by atoms with Crippen LogP contribution in [-0.4, -0.2) is 17.3 Å². The number of alkyl halides is 1. The molecule has 0 aromatic heterocycles. The smallest absolute Gasteiger partial charge is 0.252 e. The molecule has 94 valence electrons. The first-order chi connectivity index (χ1) is 8.04. The predicted octanol–water partition coefficient (Wildman–Crippen LogP) is 4.51. The highest BCUT2D eigenvalue weighted by Gasteiger charge is 2.11. The number of benzene rings is 1. The van der Waals surface area contributed by atoms with Gasteiger partial charge < -0.3 is 5.32 Å². The maximum Gasteiger partial charge on any atom is 0.252 e. The molecule has 0 spiro atoms. The molecule has 1 aromatic carbocycles. The molecular formula is C12H14Br3NO. The number of nitrogens with one attached hydrogen (secondary N) is 1. The van der Waals surface area contributed by atoms with Crippen molar-refractivity contribution in [3.05, 3.63) is 32.7 Å². The number of hydrogen-bond acceptors (Lipinski definition) is 1. The van der Waals surface area contributed by atoms with E-state index in [-0.39, 0.29) is 5.91 Å². The second-order valence-electron chi connectivity index (χ2n) is 3.72. The molecule has 0 heterocycles. The van der Waals surface area contributed by atoms with Gasteiger partial charge in [-0.3, -0.25) is 4.79 Å². The van der Waals surface area contributed by atoms with Gasteiger partial charge in [0.2, 0.25) is 0 Å². The Balaban J connectivity index is 2.58. The molecule has 0 aliphatic heterocycles. The summed E-state index contributed by atoms with van der Waals surface area (Å²) < 4.78 is 1.75. The summed E-state index contributed by atoms with van der Waals surface area (Å²) >= 11 is 10.3. The summed E-state index contributed by atoms with van der Waals surface area (Å²) in [6.45, 7) is 2.77. The van der Waals surface area contributed by atoms with E-state index in [2.05, 4.69) is 60.0 Å². The molecule has 1 atom stereocenters. The summed E-state index contributed by atoms with van der Waals surface area (Å²) in [6, 6.07) is 5.52. The first-order valence-corrected chi connectivity index (χ1v) is 7.92. The van der Waals surface area contributed by atoms with E-state index in [4.69, 9.17) is 0 Å². The second-order valence-corrected chi connectivity index (χ2v) is 6.79. The molecule has 1 rings (SSSR count). The topological polar surface area (TPSA) is 29.1 Å². The van der Waals surface area contributed by atoms with Crippen molar-refractivity contribution >= 4 is 53.7 Å². The quantitative estimate of drug-likeness (QED) is 0.688. The molecule has 2 nitrogen and oxygen atoms in total. The Labute approximate surface area is 127 Å². The van der Waals surface area contributed by atoms with Gasteiger partial charge in [-0.1, -0.05) is 45.2 Å². The molecule has 0 saturated carbocycles. The third-order valence-corrected chi connectivity index (χ3v) is 4.19. The summed E-state index contributed by atoms with van der Waals surface area (Å²) in [7, 11) is 0. The zero-order chi connectivity index (χ0) is 12.8. The number of carbonyl (C=O) groups is 1. The van der Waals surface area contributed by atoms with E-state index in [1.807, 2.05) is 12.1 Å². The highest BCUT2D eigenvalue weighted by Crippen LogP contribution is 2.21. The number of carbonyl (C=O) groups excluding carboxylic acids is 1. The minimum Gasteiger partial charge on any atom is -0.351 e. The first kappa shape index (κ1) is 15.2. The third kappa shape index (κ3) is 5.10. The molecule has 17 heavy (non-hydrogen) atoms. The lowest BCUT2D eigenvalue weighted by Gasteiger charge is -2.11. The Hall–Kier alpha value is 0.130. The maximum atomic E-state index is 11.9. The highest BCUT2D eigenvalue weighted by molar-refractivity contribution is 9.11. The van der Waals surface area contributed by atoms with Crippen molar-refractivity contribution in [3.63, 3.8) is 0 Å². The van der Waals surface area contributed by atoms with Gasteiger partial charge in [0.1, 0.15) is 0 Å². The van der Waals surface area contributed by atoms with Crippen molar-refractivity contribution in [1.29, 1.82) is 0 Å². The molecule has 0 bridgehead atoms. The van der Waals surface area contributed by atoms with Crippen molar-refractivity contribution in [2.75, 3.05) is 6.54 Å². The van der Waals surface area contributed by atoms with Crippen LogP contribution < -0.4 is 5.32 Å². The number of amides is 1. The van der Waals surface area contributed by atoms with E-state index in [0.717, 1.165) is 21.8 Å². The van der Waals surface area contributed by atoms with Gasteiger partial charge in [0, 0.05) is 20.3 Å². The van der Waals surface area contributed by atoms with Gasteiger partial charge in [0.05, 0.1) is 5.56 Å². The van der Waals surface area contributed by atoms with Crippen LogP contribution in [-0.2, 0) is 0 Å². The van der Waals surface area contributed by atoms with Crippen LogP contribution in [0.2, 0.25) is 0 Å². The molecule has 0 aliphatic rings. The Kier molecular flexibility index (Phi) is 6.74. The van der Waals surface area contributed by atoms with Crippen LogP contribution in [0.5, 0.6) is 0 Å². The number of hydrogen-bond donors (Lipinski definition) is 1. The zero-order valence-electron chi connectivity index (χ0n) is 9.47. The lowest BCUT2D eigenvalue weighted by Crippen LogP contribution is -2.29. The Morgan fingerprint density at radius 3 is 2.71 bits per heavy atom. The fraction of sp³-hybridized carbons (Fsp3) is 0.417. The van der Waals surface area contributed by atoms with Gasteiger partial charge in [-0.15, -0.1) is 0 Å². The lowest BCUT2D eigenvalue weighted by atomic mass is 10.2. The van der Waals surface area contributed by atoms with Crippen molar-refractivity contribution in [3.8, 4) is 0 Å². The van der Waals surface area contributed by atoms with Crippen molar-refractivity contribution in [1.82, 2.24) is 5.32 Å². The first-order valence-electron chi connectivity index (χ1n) is 5.42. The fourth-order valence-electron chi connectivity index (χ4n) is 1.39. The van der Waals surface area contributed by atoms with Crippen LogP contribution in [0, 0.1) is 0 Å². The zero-order valence-corrected chi connectivity index (χ0v) is 14.2. The molecule has 1 amide bonds. The second kappa shape index (κ2) is 7.54. The monoisotopic (exact) mass is 425 g/mol. The van der Waals surface area contributed by atoms with Gasteiger partial charge in [0.15, 0.2) is 0 Å². The Morgan fingerprint density at radius 1 is 1.41 bits per heavy atom. The van der Waals surface area contributed by atoms with Gasteiger partial charge in [-0.05, 0) is 40.5 Å². The Morgan fingerprint density at radius 2 is 2.12 bits per heavy atom. The molecule has 1 N–H and O–H groups in total. The van der Waals surface area contributed by atoms with E-state index < -0.39 is 0 Å². The minimum atomic E-state index is -0.0510. The van der Waals surface area contributed by atoms with Gasteiger partial charge in [-0.25, -0.2) is 0 Å². The summed E-state index contributed by atoms with van der Waals surface area (Å²) in [5.41, 5.74) is 0.657. The standard InChI is InChI=1S/C12H14Br3NO/c1-2-3-9(14)7-16-12(17)10-5-4-8(13)6-11(10)15/h4-6,9H,2-3,7H2,1H3,(H,16,17). The predicted molar refractivity (Wildman–Crippen MR) is 81.8 cm³/mol. The van der Waals surface area contributed by atoms with Crippen LogP contribution in [0.1, 0.15) is 30.1 Å². The van der Waals surface area contributed by atoms with Crippen molar-refractivity contribution < 1.29 is 4.79 Å². The molecule has 0 saturated heterocycles. The lowest BCUT2D eigenvalue weighted by molar-refractivity contribution is 0.0953. The summed E-state index contributed by atoms with van der Waals surface area (Å²) in [4.78, 5) is 12.2. The van der Waals surface area contributed by atoms with E-state index in [9.17, 15) is 4.79 Å². The average Bonchev–Trinajstić information content (AvgIpc) is 2.26. The summed E-state index contributed by atoms with van der Waals surface area (Å²) in [5, 5.41) is 2.91. The molecule has 0 aliphatic carbocycles. The van der Waals surface area contributed by atoms with Crippen LogP contribution in [0.15, 0.2) is 27.1 Å². The van der Waals surface area contributed by atoms with Crippen LogP contribution >= 0.6 is 47.8 Å². The largest absolute Gasteiger partial charge is 0.351 e. The van der Waals surface area contributed by atoms with Crippen LogP contribution in [0.3, 0.4) is 0 Å².